The van der Waals surface area contributed by atoms with Crippen LogP contribution in [0.1, 0.15) is 39.7 Å². The van der Waals surface area contributed by atoms with Gasteiger partial charge in [-0.2, -0.15) is 0 Å². The first-order chi connectivity index (χ1) is 13.9. The number of hydrogen-bond acceptors (Lipinski definition) is 3. The van der Waals surface area contributed by atoms with Crippen LogP contribution in [0.3, 0.4) is 0 Å². The van der Waals surface area contributed by atoms with Gasteiger partial charge in [-0.3, -0.25) is 4.79 Å². The van der Waals surface area contributed by atoms with E-state index in [-0.39, 0.29) is 10.5 Å². The first-order valence-electron chi connectivity index (χ1n) is 9.70. The number of hydrogen-bond donors (Lipinski definition) is 2. The molecule has 0 aliphatic carbocycles. The van der Waals surface area contributed by atoms with Gasteiger partial charge in [0.1, 0.15) is 0 Å². The number of benzene rings is 1. The molecule has 0 spiro atoms. The lowest BCUT2D eigenvalue weighted by molar-refractivity contribution is 0.323. The molecule has 5 nitrogen and oxygen atoms in total. The second-order valence-electron chi connectivity index (χ2n) is 8.55. The number of allylic oxidation sites excluding steroid dienone is 2. The summed E-state index contributed by atoms with van der Waals surface area (Å²) in [6, 6.07) is 10.1. The van der Waals surface area contributed by atoms with Gasteiger partial charge in [-0.15, -0.1) is 0 Å². The third-order valence-corrected chi connectivity index (χ3v) is 6.48. The maximum absolute atomic E-state index is 12.8. The summed E-state index contributed by atoms with van der Waals surface area (Å²) in [5.41, 5.74) is -1.04. The molecular formula is C24H30N2O3S. The van der Waals surface area contributed by atoms with Gasteiger partial charge in [0.25, 0.3) is 5.56 Å². The molecule has 2 aromatic rings. The second-order valence-corrected chi connectivity index (χ2v) is 10.2. The highest BCUT2D eigenvalue weighted by molar-refractivity contribution is 7.89. The molecule has 0 saturated carbocycles. The standard InChI is InChI=1S/C24H30N2O3S/c1-7-12-18-16-20(22(27)25-21(18)13-8-2)23(3,4)17-24(5,6)26-30(28,29)19-14-10-9-11-15-19/h7-16,26H,1-2,17H2,3-6H3,(H,25,27)/b18-12-,21-13+. The predicted octanol–water partition coefficient (Wildman–Crippen LogP) is 2.73. The summed E-state index contributed by atoms with van der Waals surface area (Å²) in [6.07, 6.45) is 7.22. The Bertz CT molecular complexity index is 1210. The zero-order valence-corrected chi connectivity index (χ0v) is 18.8. The monoisotopic (exact) mass is 426 g/mol. The van der Waals surface area contributed by atoms with Gasteiger partial charge in [0.2, 0.25) is 10.0 Å². The van der Waals surface area contributed by atoms with Gasteiger partial charge in [-0.05, 0) is 55.2 Å². The molecule has 1 aromatic heterocycles. The molecule has 0 radical (unpaired) electrons. The largest absolute Gasteiger partial charge is 0.322 e. The van der Waals surface area contributed by atoms with E-state index in [4.69, 9.17) is 0 Å². The molecule has 0 aliphatic rings. The smallest absolute Gasteiger partial charge is 0.252 e. The average molecular weight is 427 g/mol. The Morgan fingerprint density at radius 2 is 1.63 bits per heavy atom. The normalized spacial score (nSPS) is 14.0. The SMILES string of the molecule is C=C/C=c1/cc(C(C)(C)CC(C)(C)NS(=O)(=O)c2ccccc2)c(=O)[nH]/c1=C/C=C. The van der Waals surface area contributed by atoms with E-state index in [1.54, 1.807) is 48.6 Å². The molecule has 0 unspecified atom stereocenters. The number of H-pyrrole nitrogens is 1. The van der Waals surface area contributed by atoms with Crippen molar-refractivity contribution in [3.05, 3.63) is 88.2 Å². The van der Waals surface area contributed by atoms with Crippen LogP contribution in [0.2, 0.25) is 0 Å². The predicted molar refractivity (Wildman–Crippen MR) is 124 cm³/mol. The summed E-state index contributed by atoms with van der Waals surface area (Å²) in [5, 5.41) is 1.47. The topological polar surface area (TPSA) is 79.0 Å². The summed E-state index contributed by atoms with van der Waals surface area (Å²) in [4.78, 5) is 15.9. The molecule has 0 saturated heterocycles. The van der Waals surface area contributed by atoms with Gasteiger partial charge >= 0.3 is 0 Å². The summed E-state index contributed by atoms with van der Waals surface area (Å²) < 4.78 is 28.4. The van der Waals surface area contributed by atoms with Gasteiger partial charge in [0.15, 0.2) is 0 Å². The minimum atomic E-state index is -3.68. The minimum Gasteiger partial charge on any atom is -0.322 e. The molecule has 0 atom stereocenters. The molecule has 0 amide bonds. The zero-order chi connectivity index (χ0) is 22.6. The number of aromatic amines is 1. The van der Waals surface area contributed by atoms with Crippen LogP contribution >= 0.6 is 0 Å². The van der Waals surface area contributed by atoms with E-state index in [1.807, 2.05) is 39.8 Å². The molecular weight excluding hydrogens is 396 g/mol. The molecule has 0 fully saturated rings. The van der Waals surface area contributed by atoms with E-state index >= 15 is 0 Å². The van der Waals surface area contributed by atoms with Crippen molar-refractivity contribution in [2.45, 2.75) is 50.0 Å². The van der Waals surface area contributed by atoms with E-state index in [0.29, 0.717) is 17.3 Å². The third-order valence-electron chi connectivity index (χ3n) is 4.76. The quantitative estimate of drug-likeness (QED) is 0.681. The van der Waals surface area contributed by atoms with Crippen molar-refractivity contribution in [3.63, 3.8) is 0 Å². The third kappa shape index (κ3) is 5.68. The number of sulfonamides is 1. The van der Waals surface area contributed by atoms with Crippen LogP contribution in [-0.2, 0) is 15.4 Å². The van der Waals surface area contributed by atoms with Crippen molar-refractivity contribution in [3.8, 4) is 0 Å². The number of aromatic nitrogens is 1. The van der Waals surface area contributed by atoms with Crippen molar-refractivity contribution >= 4 is 22.2 Å². The van der Waals surface area contributed by atoms with Crippen molar-refractivity contribution < 1.29 is 8.42 Å². The Morgan fingerprint density at radius 3 is 2.20 bits per heavy atom. The second kappa shape index (κ2) is 8.98. The lowest BCUT2D eigenvalue weighted by Gasteiger charge is -2.35. The maximum atomic E-state index is 12.8. The molecule has 0 aliphatic heterocycles. The van der Waals surface area contributed by atoms with Crippen LogP contribution in [-0.4, -0.2) is 18.9 Å². The first-order valence-corrected chi connectivity index (χ1v) is 11.2. The summed E-state index contributed by atoms with van der Waals surface area (Å²) in [5.74, 6) is 0. The molecule has 2 rings (SSSR count). The molecule has 1 aromatic carbocycles. The van der Waals surface area contributed by atoms with Crippen LogP contribution < -0.4 is 20.8 Å². The van der Waals surface area contributed by atoms with Gasteiger partial charge in [0.05, 0.1) is 4.90 Å². The Kier molecular flexibility index (Phi) is 7.06. The van der Waals surface area contributed by atoms with Crippen LogP contribution in [0.25, 0.3) is 12.2 Å². The van der Waals surface area contributed by atoms with Crippen molar-refractivity contribution in [2.24, 2.45) is 0 Å². The highest BCUT2D eigenvalue weighted by Crippen LogP contribution is 2.30. The van der Waals surface area contributed by atoms with E-state index in [0.717, 1.165) is 5.22 Å². The molecule has 160 valence electrons. The van der Waals surface area contributed by atoms with Gasteiger partial charge in [-0.25, -0.2) is 13.1 Å². The maximum Gasteiger partial charge on any atom is 0.252 e. The van der Waals surface area contributed by atoms with Crippen LogP contribution in [0.4, 0.5) is 0 Å². The average Bonchev–Trinajstić information content (AvgIpc) is 2.63. The number of rotatable bonds is 8. The van der Waals surface area contributed by atoms with E-state index in [9.17, 15) is 13.2 Å². The fraction of sp³-hybridized carbons (Fsp3) is 0.292. The fourth-order valence-corrected chi connectivity index (χ4v) is 5.28. The van der Waals surface area contributed by atoms with Gasteiger partial charge < -0.3 is 4.98 Å². The molecule has 1 heterocycles. The molecule has 6 heteroatoms. The van der Waals surface area contributed by atoms with Gasteiger partial charge in [-0.1, -0.05) is 63.4 Å². The van der Waals surface area contributed by atoms with Gasteiger partial charge in [0, 0.05) is 16.5 Å². The fourth-order valence-electron chi connectivity index (χ4n) is 3.84. The molecule has 30 heavy (non-hydrogen) atoms. The van der Waals surface area contributed by atoms with E-state index < -0.39 is 21.0 Å². The van der Waals surface area contributed by atoms with Crippen LogP contribution in [0.5, 0.6) is 0 Å². The lowest BCUT2D eigenvalue weighted by Crippen LogP contribution is -2.49. The highest BCUT2D eigenvalue weighted by Gasteiger charge is 2.35. The Hall–Kier alpha value is -2.70. The van der Waals surface area contributed by atoms with Crippen molar-refractivity contribution in [1.29, 1.82) is 0 Å². The summed E-state index contributed by atoms with van der Waals surface area (Å²) >= 11 is 0. The highest BCUT2D eigenvalue weighted by atomic mass is 32.2. The molecule has 2 N–H and O–H groups in total. The van der Waals surface area contributed by atoms with E-state index in [1.165, 1.54) is 0 Å². The van der Waals surface area contributed by atoms with Crippen molar-refractivity contribution in [1.82, 2.24) is 9.71 Å². The lowest BCUT2D eigenvalue weighted by atomic mass is 9.75. The number of nitrogens with one attached hydrogen (secondary N) is 2. The minimum absolute atomic E-state index is 0.209. The Labute approximate surface area is 178 Å². The summed E-state index contributed by atoms with van der Waals surface area (Å²) in [7, 11) is -3.68. The first kappa shape index (κ1) is 23.6. The van der Waals surface area contributed by atoms with Crippen molar-refractivity contribution in [2.75, 3.05) is 0 Å². The summed E-state index contributed by atoms with van der Waals surface area (Å²) in [6.45, 7) is 14.9. The number of pyridine rings is 1. The van der Waals surface area contributed by atoms with Crippen LogP contribution in [0.15, 0.2) is 71.4 Å². The molecule has 0 bridgehead atoms. The zero-order valence-electron chi connectivity index (χ0n) is 18.0. The Morgan fingerprint density at radius 1 is 1.03 bits per heavy atom. The van der Waals surface area contributed by atoms with E-state index in [2.05, 4.69) is 22.9 Å². The van der Waals surface area contributed by atoms with Crippen LogP contribution in [0, 0.1) is 0 Å². The Balaban J connectivity index is 2.44.